The van der Waals surface area contributed by atoms with E-state index in [1.165, 1.54) is 11.3 Å². The van der Waals surface area contributed by atoms with Gasteiger partial charge >= 0.3 is 0 Å². The normalized spacial score (nSPS) is 19.3. The zero-order valence-corrected chi connectivity index (χ0v) is 15.2. The highest BCUT2D eigenvalue weighted by Gasteiger charge is 2.31. The summed E-state index contributed by atoms with van der Waals surface area (Å²) < 4.78 is 26.2. The highest BCUT2D eigenvalue weighted by Crippen LogP contribution is 2.29. The summed E-state index contributed by atoms with van der Waals surface area (Å²) in [6.45, 7) is 1.83. The van der Waals surface area contributed by atoms with Crippen LogP contribution in [0.1, 0.15) is 27.8 Å². The molecule has 1 N–H and O–H groups in total. The summed E-state index contributed by atoms with van der Waals surface area (Å²) >= 11 is 1.43. The van der Waals surface area contributed by atoms with Crippen molar-refractivity contribution in [2.24, 2.45) is 0 Å². The Kier molecular flexibility index (Phi) is 3.88. The van der Waals surface area contributed by atoms with E-state index in [0.717, 1.165) is 15.8 Å². The van der Waals surface area contributed by atoms with Gasteiger partial charge in [-0.1, -0.05) is 18.2 Å². The fraction of sp³-hybridized carbons (Fsp3) is 0.294. The third kappa shape index (κ3) is 3.19. The molecule has 1 unspecified atom stereocenters. The van der Waals surface area contributed by atoms with Crippen LogP contribution in [0.3, 0.4) is 0 Å². The van der Waals surface area contributed by atoms with Crippen molar-refractivity contribution in [3.63, 3.8) is 0 Å². The number of aromatic nitrogens is 2. The number of nitrogens with one attached hydrogen (secondary N) is 1. The van der Waals surface area contributed by atoms with E-state index in [2.05, 4.69) is 10.4 Å². The van der Waals surface area contributed by atoms with Crippen LogP contribution < -0.4 is 5.32 Å². The predicted molar refractivity (Wildman–Crippen MR) is 99.1 cm³/mol. The number of carbonyl (C=O) groups excluding carboxylic acids is 1. The quantitative estimate of drug-likeness (QED) is 0.763. The van der Waals surface area contributed by atoms with Crippen molar-refractivity contribution >= 4 is 43.0 Å². The maximum atomic E-state index is 12.6. The Hall–Kier alpha value is -2.19. The summed E-state index contributed by atoms with van der Waals surface area (Å²) in [5.41, 5.74) is 0.746. The summed E-state index contributed by atoms with van der Waals surface area (Å²) in [5.74, 6) is 0.574. The van der Waals surface area contributed by atoms with Crippen molar-refractivity contribution in [3.05, 3.63) is 47.0 Å². The maximum absolute atomic E-state index is 12.6. The molecular weight excluding hydrogens is 358 g/mol. The molecule has 1 amide bonds. The first-order valence-corrected chi connectivity index (χ1v) is 10.6. The van der Waals surface area contributed by atoms with Gasteiger partial charge in [0, 0.05) is 10.8 Å². The first kappa shape index (κ1) is 16.3. The van der Waals surface area contributed by atoms with Crippen LogP contribution in [0, 0.1) is 6.92 Å². The Morgan fingerprint density at radius 1 is 1.32 bits per heavy atom. The van der Waals surface area contributed by atoms with E-state index in [1.807, 2.05) is 37.3 Å². The van der Waals surface area contributed by atoms with E-state index < -0.39 is 9.84 Å². The lowest BCUT2D eigenvalue weighted by molar-refractivity contribution is 0.102. The van der Waals surface area contributed by atoms with Crippen LogP contribution in [0.2, 0.25) is 0 Å². The van der Waals surface area contributed by atoms with Gasteiger partial charge in [-0.2, -0.15) is 5.10 Å². The minimum Gasteiger partial charge on any atom is -0.306 e. The van der Waals surface area contributed by atoms with Crippen LogP contribution >= 0.6 is 11.3 Å². The van der Waals surface area contributed by atoms with Gasteiger partial charge < -0.3 is 5.32 Å². The Balaban J connectivity index is 1.61. The first-order valence-electron chi connectivity index (χ1n) is 7.98. The lowest BCUT2D eigenvalue weighted by Gasteiger charge is -2.13. The van der Waals surface area contributed by atoms with Gasteiger partial charge in [0.15, 0.2) is 9.84 Å². The highest BCUT2D eigenvalue weighted by atomic mass is 32.2. The van der Waals surface area contributed by atoms with E-state index in [4.69, 9.17) is 0 Å². The smallest absolute Gasteiger partial charge is 0.266 e. The van der Waals surface area contributed by atoms with Gasteiger partial charge in [-0.25, -0.2) is 13.1 Å². The summed E-state index contributed by atoms with van der Waals surface area (Å²) in [7, 11) is -3.02. The largest absolute Gasteiger partial charge is 0.306 e. The van der Waals surface area contributed by atoms with Crippen LogP contribution in [0.15, 0.2) is 36.4 Å². The number of sulfone groups is 1. The third-order valence-corrected chi connectivity index (χ3v) is 7.17. The standard InChI is InChI=1S/C17H17N3O3S2/c1-11-8-16(20(19-11)13-6-7-25(22,23)10-13)18-17(21)15-9-12-4-2-3-5-14(12)24-15/h2-5,8-9,13H,6-7,10H2,1H3,(H,18,21). The lowest BCUT2D eigenvalue weighted by atomic mass is 10.2. The van der Waals surface area contributed by atoms with Gasteiger partial charge in [-0.3, -0.25) is 4.79 Å². The lowest BCUT2D eigenvalue weighted by Crippen LogP contribution is -2.19. The molecule has 2 aromatic heterocycles. The van der Waals surface area contributed by atoms with Crippen LogP contribution in [0.5, 0.6) is 0 Å². The minimum absolute atomic E-state index is 0.0693. The fourth-order valence-electron chi connectivity index (χ4n) is 3.13. The average molecular weight is 375 g/mol. The van der Waals surface area contributed by atoms with Gasteiger partial charge in [0.1, 0.15) is 5.82 Å². The number of hydrogen-bond donors (Lipinski definition) is 1. The van der Waals surface area contributed by atoms with Gasteiger partial charge in [-0.05, 0) is 30.9 Å². The van der Waals surface area contributed by atoms with Gasteiger partial charge in [0.05, 0.1) is 28.1 Å². The van der Waals surface area contributed by atoms with Crippen molar-refractivity contribution in [2.75, 3.05) is 16.8 Å². The monoisotopic (exact) mass is 375 g/mol. The van der Waals surface area contributed by atoms with Crippen molar-refractivity contribution in [1.29, 1.82) is 0 Å². The van der Waals surface area contributed by atoms with E-state index in [1.54, 1.807) is 10.7 Å². The van der Waals surface area contributed by atoms with Gasteiger partial charge in [0.2, 0.25) is 0 Å². The van der Waals surface area contributed by atoms with Crippen LogP contribution in [0.4, 0.5) is 5.82 Å². The van der Waals surface area contributed by atoms with Crippen LogP contribution in [0.25, 0.3) is 10.1 Å². The Morgan fingerprint density at radius 2 is 2.12 bits per heavy atom. The highest BCUT2D eigenvalue weighted by molar-refractivity contribution is 7.91. The first-order chi connectivity index (χ1) is 11.9. The van der Waals surface area contributed by atoms with Crippen molar-refractivity contribution < 1.29 is 13.2 Å². The zero-order chi connectivity index (χ0) is 17.6. The number of carbonyl (C=O) groups is 1. The fourth-order valence-corrected chi connectivity index (χ4v) is 5.78. The number of rotatable bonds is 3. The van der Waals surface area contributed by atoms with Crippen molar-refractivity contribution in [2.45, 2.75) is 19.4 Å². The molecule has 6 nitrogen and oxygen atoms in total. The molecule has 0 radical (unpaired) electrons. The Bertz CT molecular complexity index is 1030. The van der Waals surface area contributed by atoms with Crippen LogP contribution in [-0.4, -0.2) is 35.6 Å². The number of thiophene rings is 1. The molecule has 130 valence electrons. The number of anilines is 1. The topological polar surface area (TPSA) is 81.1 Å². The molecule has 0 spiro atoms. The van der Waals surface area contributed by atoms with Gasteiger partial charge in [-0.15, -0.1) is 11.3 Å². The summed E-state index contributed by atoms with van der Waals surface area (Å²) in [4.78, 5) is 13.2. The number of aryl methyl sites for hydroxylation is 1. The SMILES string of the molecule is Cc1cc(NC(=O)c2cc3ccccc3s2)n(C2CCS(=O)(=O)C2)n1. The van der Waals surface area contributed by atoms with E-state index in [0.29, 0.717) is 17.1 Å². The molecule has 3 aromatic rings. The molecule has 0 saturated carbocycles. The molecule has 1 saturated heterocycles. The molecule has 0 aliphatic carbocycles. The number of fused-ring (bicyclic) bond motifs is 1. The predicted octanol–water partition coefficient (Wildman–Crippen LogP) is 3.02. The van der Waals surface area contributed by atoms with E-state index >= 15 is 0 Å². The Morgan fingerprint density at radius 3 is 2.84 bits per heavy atom. The summed E-state index contributed by atoms with van der Waals surface area (Å²) in [6.07, 6.45) is 0.523. The summed E-state index contributed by atoms with van der Waals surface area (Å²) in [6, 6.07) is 11.2. The molecule has 3 heterocycles. The van der Waals surface area contributed by atoms with Crippen molar-refractivity contribution in [1.82, 2.24) is 9.78 Å². The van der Waals surface area contributed by atoms with E-state index in [9.17, 15) is 13.2 Å². The molecule has 1 atom stereocenters. The van der Waals surface area contributed by atoms with Crippen LogP contribution in [-0.2, 0) is 9.84 Å². The summed E-state index contributed by atoms with van der Waals surface area (Å²) in [5, 5.41) is 8.31. The van der Waals surface area contributed by atoms with E-state index in [-0.39, 0.29) is 23.5 Å². The van der Waals surface area contributed by atoms with Crippen molar-refractivity contribution in [3.8, 4) is 0 Å². The zero-order valence-electron chi connectivity index (χ0n) is 13.6. The van der Waals surface area contributed by atoms with Gasteiger partial charge in [0.25, 0.3) is 5.91 Å². The average Bonchev–Trinajstić information content (AvgIpc) is 3.23. The molecule has 1 aliphatic heterocycles. The second kappa shape index (κ2) is 5.96. The second-order valence-electron chi connectivity index (χ2n) is 6.27. The number of hydrogen-bond acceptors (Lipinski definition) is 5. The molecule has 1 aliphatic rings. The molecule has 1 aromatic carbocycles. The molecule has 8 heteroatoms. The second-order valence-corrected chi connectivity index (χ2v) is 9.59. The third-order valence-electron chi connectivity index (χ3n) is 4.30. The maximum Gasteiger partial charge on any atom is 0.266 e. The molecule has 25 heavy (non-hydrogen) atoms. The number of amides is 1. The molecule has 4 rings (SSSR count). The number of nitrogens with zero attached hydrogens (tertiary/aromatic N) is 2. The Labute approximate surface area is 149 Å². The molecule has 1 fully saturated rings. The molecule has 0 bridgehead atoms. The minimum atomic E-state index is -3.02. The number of benzene rings is 1. The molecular formula is C17H17N3O3S2.